The van der Waals surface area contributed by atoms with Gasteiger partial charge in [0.2, 0.25) is 0 Å². The second-order valence-corrected chi connectivity index (χ2v) is 5.44. The summed E-state index contributed by atoms with van der Waals surface area (Å²) in [5.41, 5.74) is 1.32. The van der Waals surface area contributed by atoms with Gasteiger partial charge in [-0.3, -0.25) is 4.90 Å². The fourth-order valence-corrected chi connectivity index (χ4v) is 2.56. The van der Waals surface area contributed by atoms with Gasteiger partial charge in [0.05, 0.1) is 6.10 Å². The summed E-state index contributed by atoms with van der Waals surface area (Å²) in [4.78, 5) is 6.81. The van der Waals surface area contributed by atoms with E-state index in [0.717, 1.165) is 45.0 Å². The molecule has 1 aliphatic rings. The predicted molar refractivity (Wildman–Crippen MR) is 82.9 cm³/mol. The van der Waals surface area contributed by atoms with Gasteiger partial charge in [-0.15, -0.1) is 0 Å². The van der Waals surface area contributed by atoms with Crippen molar-refractivity contribution in [2.24, 2.45) is 0 Å². The molecule has 2 rings (SSSR count). The van der Waals surface area contributed by atoms with Crippen molar-refractivity contribution in [2.45, 2.75) is 45.8 Å². The van der Waals surface area contributed by atoms with Crippen molar-refractivity contribution in [3.8, 4) is 0 Å². The lowest BCUT2D eigenvalue weighted by Gasteiger charge is -2.23. The highest BCUT2D eigenvalue weighted by Crippen LogP contribution is 2.15. The third-order valence-corrected chi connectivity index (χ3v) is 3.72. The normalized spacial score (nSPS) is 18.6. The van der Waals surface area contributed by atoms with Crippen LogP contribution in [0.25, 0.3) is 0 Å². The van der Waals surface area contributed by atoms with Crippen LogP contribution in [0.1, 0.15) is 38.7 Å². The van der Waals surface area contributed by atoms with E-state index in [9.17, 15) is 0 Å². The Hall–Kier alpha value is -1.13. The van der Waals surface area contributed by atoms with E-state index in [-0.39, 0.29) is 0 Å². The number of ether oxygens (including phenoxy) is 1. The van der Waals surface area contributed by atoms with Crippen molar-refractivity contribution in [3.63, 3.8) is 0 Å². The van der Waals surface area contributed by atoms with Crippen molar-refractivity contribution < 1.29 is 4.74 Å². The van der Waals surface area contributed by atoms with E-state index in [2.05, 4.69) is 41.2 Å². The van der Waals surface area contributed by atoms with Crippen LogP contribution in [0.15, 0.2) is 18.3 Å². The van der Waals surface area contributed by atoms with Crippen molar-refractivity contribution in [3.05, 3.63) is 23.9 Å². The molecule has 1 aromatic heterocycles. The standard InChI is InChI=1S/C16H27N3O/c1-3-8-17-16-11-14(7-9-18-16)12-19(4-2)13-15-6-5-10-20-15/h7,9,11,15H,3-6,8,10,12-13H2,1-2H3,(H,17,18). The fourth-order valence-electron chi connectivity index (χ4n) is 2.56. The lowest BCUT2D eigenvalue weighted by atomic mass is 10.2. The van der Waals surface area contributed by atoms with E-state index in [1.54, 1.807) is 0 Å². The Morgan fingerprint density at radius 1 is 1.45 bits per heavy atom. The molecule has 0 aliphatic carbocycles. The molecule has 1 unspecified atom stereocenters. The van der Waals surface area contributed by atoms with Crippen LogP contribution in [0, 0.1) is 0 Å². The smallest absolute Gasteiger partial charge is 0.126 e. The highest BCUT2D eigenvalue weighted by Gasteiger charge is 2.18. The van der Waals surface area contributed by atoms with Crippen molar-refractivity contribution in [2.75, 3.05) is 31.6 Å². The lowest BCUT2D eigenvalue weighted by Crippen LogP contribution is -2.31. The summed E-state index contributed by atoms with van der Waals surface area (Å²) < 4.78 is 5.73. The van der Waals surface area contributed by atoms with Gasteiger partial charge in [0, 0.05) is 32.4 Å². The molecule has 0 amide bonds. The summed E-state index contributed by atoms with van der Waals surface area (Å²) in [5.74, 6) is 0.984. The van der Waals surface area contributed by atoms with Crippen LogP contribution in [0.5, 0.6) is 0 Å². The summed E-state index contributed by atoms with van der Waals surface area (Å²) in [6.45, 7) is 9.35. The maximum atomic E-state index is 5.73. The van der Waals surface area contributed by atoms with E-state index < -0.39 is 0 Å². The van der Waals surface area contributed by atoms with Crippen LogP contribution in [0.4, 0.5) is 5.82 Å². The predicted octanol–water partition coefficient (Wildman–Crippen LogP) is 2.90. The number of nitrogens with zero attached hydrogens (tertiary/aromatic N) is 2. The van der Waals surface area contributed by atoms with Crippen LogP contribution in [-0.4, -0.2) is 42.2 Å². The molecule has 2 heterocycles. The van der Waals surface area contributed by atoms with E-state index >= 15 is 0 Å². The summed E-state index contributed by atoms with van der Waals surface area (Å²) >= 11 is 0. The van der Waals surface area contributed by atoms with Crippen LogP contribution < -0.4 is 5.32 Å². The number of aromatic nitrogens is 1. The zero-order chi connectivity index (χ0) is 14.2. The molecule has 0 bridgehead atoms. The van der Waals surface area contributed by atoms with Gasteiger partial charge < -0.3 is 10.1 Å². The Labute approximate surface area is 122 Å². The Bertz CT molecular complexity index is 391. The largest absolute Gasteiger partial charge is 0.377 e. The molecule has 1 N–H and O–H groups in total. The van der Waals surface area contributed by atoms with Gasteiger partial charge in [0.25, 0.3) is 0 Å². The molecule has 1 fully saturated rings. The quantitative estimate of drug-likeness (QED) is 0.793. The summed E-state index contributed by atoms with van der Waals surface area (Å²) in [6, 6.07) is 4.27. The minimum Gasteiger partial charge on any atom is -0.377 e. The Morgan fingerprint density at radius 2 is 2.35 bits per heavy atom. The van der Waals surface area contributed by atoms with E-state index in [0.29, 0.717) is 6.10 Å². The zero-order valence-corrected chi connectivity index (χ0v) is 12.8. The Kier molecular flexibility index (Phi) is 6.27. The first-order valence-corrected chi connectivity index (χ1v) is 7.84. The molecule has 1 aliphatic heterocycles. The molecule has 112 valence electrons. The Balaban J connectivity index is 1.88. The number of likely N-dealkylation sites (N-methyl/N-ethyl adjacent to an activating group) is 1. The average molecular weight is 277 g/mol. The molecule has 0 spiro atoms. The molecule has 0 radical (unpaired) electrons. The second kappa shape index (κ2) is 8.22. The van der Waals surface area contributed by atoms with Crippen LogP contribution in [0.2, 0.25) is 0 Å². The van der Waals surface area contributed by atoms with E-state index in [4.69, 9.17) is 4.74 Å². The topological polar surface area (TPSA) is 37.4 Å². The fraction of sp³-hybridized carbons (Fsp3) is 0.688. The van der Waals surface area contributed by atoms with Crippen molar-refractivity contribution in [1.82, 2.24) is 9.88 Å². The molecule has 1 atom stereocenters. The molecular weight excluding hydrogens is 250 g/mol. The molecule has 0 aromatic carbocycles. The zero-order valence-electron chi connectivity index (χ0n) is 12.8. The molecule has 20 heavy (non-hydrogen) atoms. The molecule has 1 saturated heterocycles. The van der Waals surface area contributed by atoms with E-state index in [1.807, 2.05) is 6.20 Å². The number of rotatable bonds is 8. The van der Waals surface area contributed by atoms with Crippen LogP contribution in [0.3, 0.4) is 0 Å². The highest BCUT2D eigenvalue weighted by atomic mass is 16.5. The molecule has 0 saturated carbocycles. The number of hydrogen-bond donors (Lipinski definition) is 1. The van der Waals surface area contributed by atoms with Crippen molar-refractivity contribution in [1.29, 1.82) is 0 Å². The van der Waals surface area contributed by atoms with Gasteiger partial charge >= 0.3 is 0 Å². The molecular formula is C16H27N3O. The summed E-state index contributed by atoms with van der Waals surface area (Å²) in [7, 11) is 0. The SMILES string of the molecule is CCCNc1cc(CN(CC)CC2CCCO2)ccn1. The third kappa shape index (κ3) is 4.76. The number of pyridine rings is 1. The van der Waals surface area contributed by atoms with E-state index in [1.165, 1.54) is 18.4 Å². The van der Waals surface area contributed by atoms with Gasteiger partial charge in [0.1, 0.15) is 5.82 Å². The summed E-state index contributed by atoms with van der Waals surface area (Å²) in [5, 5.41) is 3.34. The minimum atomic E-state index is 0.425. The third-order valence-electron chi connectivity index (χ3n) is 3.72. The molecule has 1 aromatic rings. The molecule has 4 heteroatoms. The Morgan fingerprint density at radius 3 is 3.05 bits per heavy atom. The minimum absolute atomic E-state index is 0.425. The van der Waals surface area contributed by atoms with Crippen molar-refractivity contribution >= 4 is 5.82 Å². The maximum absolute atomic E-state index is 5.73. The lowest BCUT2D eigenvalue weighted by molar-refractivity contribution is 0.0725. The first-order valence-electron chi connectivity index (χ1n) is 7.84. The van der Waals surface area contributed by atoms with Gasteiger partial charge in [-0.1, -0.05) is 13.8 Å². The second-order valence-electron chi connectivity index (χ2n) is 5.44. The van der Waals surface area contributed by atoms with Gasteiger partial charge in [-0.25, -0.2) is 4.98 Å². The number of hydrogen-bond acceptors (Lipinski definition) is 4. The number of nitrogens with one attached hydrogen (secondary N) is 1. The number of anilines is 1. The first-order chi connectivity index (χ1) is 9.81. The van der Waals surface area contributed by atoms with Crippen LogP contribution in [-0.2, 0) is 11.3 Å². The van der Waals surface area contributed by atoms with Crippen LogP contribution >= 0.6 is 0 Å². The maximum Gasteiger partial charge on any atom is 0.126 e. The summed E-state index contributed by atoms with van der Waals surface area (Å²) in [6.07, 6.45) is 5.85. The first kappa shape index (κ1) is 15.3. The monoisotopic (exact) mass is 277 g/mol. The average Bonchev–Trinajstić information content (AvgIpc) is 2.98. The highest BCUT2D eigenvalue weighted by molar-refractivity contribution is 5.37. The van der Waals surface area contributed by atoms with Gasteiger partial charge in [0.15, 0.2) is 0 Å². The molecule has 4 nitrogen and oxygen atoms in total. The van der Waals surface area contributed by atoms with Gasteiger partial charge in [-0.2, -0.15) is 0 Å². The van der Waals surface area contributed by atoms with Gasteiger partial charge in [-0.05, 0) is 43.5 Å².